The summed E-state index contributed by atoms with van der Waals surface area (Å²) in [6.45, 7) is -0.224. The summed E-state index contributed by atoms with van der Waals surface area (Å²) >= 11 is 0. The van der Waals surface area contributed by atoms with Gasteiger partial charge in [-0.1, -0.05) is 49.6 Å². The highest BCUT2D eigenvalue weighted by molar-refractivity contribution is 6.11. The van der Waals surface area contributed by atoms with Crippen molar-refractivity contribution >= 4 is 17.7 Å². The van der Waals surface area contributed by atoms with Gasteiger partial charge in [-0.2, -0.15) is 0 Å². The molecule has 138 valence electrons. The molecule has 1 N–H and O–H groups in total. The molecule has 6 nitrogen and oxygen atoms in total. The first-order chi connectivity index (χ1) is 13.1. The van der Waals surface area contributed by atoms with Crippen molar-refractivity contribution < 1.29 is 14.4 Å². The van der Waals surface area contributed by atoms with Crippen LogP contribution >= 0.6 is 0 Å². The third-order valence-corrected chi connectivity index (χ3v) is 5.46. The van der Waals surface area contributed by atoms with E-state index in [0.717, 1.165) is 35.3 Å². The molecule has 2 fully saturated rings. The lowest BCUT2D eigenvalue weighted by molar-refractivity contribution is -0.132. The second-order valence-corrected chi connectivity index (χ2v) is 7.21. The summed E-state index contributed by atoms with van der Waals surface area (Å²) in [6, 6.07) is 10.5. The lowest BCUT2D eigenvalue weighted by Crippen LogP contribution is -2.48. The zero-order valence-electron chi connectivity index (χ0n) is 15.0. The summed E-state index contributed by atoms with van der Waals surface area (Å²) in [5.41, 5.74) is 1.60. The quantitative estimate of drug-likeness (QED) is 0.668. The maximum atomic E-state index is 12.8. The Hall–Kier alpha value is -3.02. The van der Waals surface area contributed by atoms with Crippen molar-refractivity contribution in [3.05, 3.63) is 54.4 Å². The number of hydrogen-bond donors (Lipinski definition) is 1. The van der Waals surface area contributed by atoms with Gasteiger partial charge >= 0.3 is 6.03 Å². The van der Waals surface area contributed by atoms with E-state index in [-0.39, 0.29) is 18.2 Å². The van der Waals surface area contributed by atoms with Gasteiger partial charge in [0.2, 0.25) is 0 Å². The van der Waals surface area contributed by atoms with E-state index in [1.807, 2.05) is 24.3 Å². The monoisotopic (exact) mass is 363 g/mol. The van der Waals surface area contributed by atoms with Gasteiger partial charge in [0.25, 0.3) is 5.91 Å². The fraction of sp³-hybridized carbons (Fsp3) is 0.333. The summed E-state index contributed by atoms with van der Waals surface area (Å²) < 4.78 is 0. The minimum atomic E-state index is -0.792. The van der Waals surface area contributed by atoms with Crippen LogP contribution < -0.4 is 5.32 Å². The minimum absolute atomic E-state index is 0.224. The van der Waals surface area contributed by atoms with Crippen molar-refractivity contribution in [1.82, 2.24) is 15.2 Å². The predicted molar refractivity (Wildman–Crippen MR) is 100 cm³/mol. The van der Waals surface area contributed by atoms with Crippen LogP contribution in [0.15, 0.2) is 48.8 Å². The van der Waals surface area contributed by atoms with Crippen LogP contribution in [0.2, 0.25) is 0 Å². The zero-order chi connectivity index (χ0) is 18.9. The number of Topliss-reactive ketones (excluding diaryl/α,β-unsaturated/α-hetero) is 1. The zero-order valence-corrected chi connectivity index (χ0v) is 15.0. The van der Waals surface area contributed by atoms with E-state index >= 15 is 0 Å². The van der Waals surface area contributed by atoms with Crippen molar-refractivity contribution in [2.24, 2.45) is 0 Å². The highest BCUT2D eigenvalue weighted by Crippen LogP contribution is 2.33. The van der Waals surface area contributed by atoms with Crippen molar-refractivity contribution in [3.63, 3.8) is 0 Å². The van der Waals surface area contributed by atoms with Gasteiger partial charge in [-0.3, -0.25) is 19.5 Å². The Balaban J connectivity index is 1.47. The Bertz CT molecular complexity index is 871. The number of nitrogens with one attached hydrogen (secondary N) is 1. The Kier molecular flexibility index (Phi) is 4.48. The van der Waals surface area contributed by atoms with Crippen molar-refractivity contribution in [1.29, 1.82) is 0 Å². The van der Waals surface area contributed by atoms with E-state index in [1.165, 1.54) is 0 Å². The maximum Gasteiger partial charge on any atom is 0.325 e. The normalized spacial score (nSPS) is 18.6. The number of urea groups is 1. The highest BCUT2D eigenvalue weighted by atomic mass is 16.2. The summed E-state index contributed by atoms with van der Waals surface area (Å²) in [6.07, 6.45) is 7.69. The maximum absolute atomic E-state index is 12.8. The number of hydrogen-bond acceptors (Lipinski definition) is 4. The van der Waals surface area contributed by atoms with Gasteiger partial charge in [0, 0.05) is 18.0 Å². The van der Waals surface area contributed by atoms with Crippen LogP contribution in [-0.4, -0.2) is 39.7 Å². The summed E-state index contributed by atoms with van der Waals surface area (Å²) in [5.74, 6) is -0.503. The molecule has 6 heteroatoms. The van der Waals surface area contributed by atoms with E-state index in [0.29, 0.717) is 18.4 Å². The Morgan fingerprint density at radius 3 is 2.44 bits per heavy atom. The Labute approximate surface area is 157 Å². The number of imide groups is 1. The molecule has 1 spiro atoms. The van der Waals surface area contributed by atoms with E-state index in [9.17, 15) is 14.4 Å². The molecule has 1 aliphatic carbocycles. The van der Waals surface area contributed by atoms with Crippen molar-refractivity contribution in [2.75, 3.05) is 6.54 Å². The second-order valence-electron chi connectivity index (χ2n) is 7.21. The molecule has 1 aliphatic heterocycles. The third kappa shape index (κ3) is 3.23. The average molecular weight is 363 g/mol. The number of benzene rings is 1. The number of aromatic nitrogens is 1. The van der Waals surface area contributed by atoms with Gasteiger partial charge in [-0.05, 0) is 30.0 Å². The lowest BCUT2D eigenvalue weighted by Gasteiger charge is -2.30. The van der Waals surface area contributed by atoms with Gasteiger partial charge in [0.1, 0.15) is 5.54 Å². The first-order valence-corrected chi connectivity index (χ1v) is 9.27. The fourth-order valence-electron chi connectivity index (χ4n) is 3.93. The van der Waals surface area contributed by atoms with E-state index in [1.54, 1.807) is 24.5 Å². The third-order valence-electron chi connectivity index (χ3n) is 5.46. The lowest BCUT2D eigenvalue weighted by atomic mass is 9.82. The van der Waals surface area contributed by atoms with Gasteiger partial charge in [0.05, 0.1) is 6.54 Å². The van der Waals surface area contributed by atoms with Crippen LogP contribution in [0.4, 0.5) is 4.79 Å². The second kappa shape index (κ2) is 6.95. The van der Waals surface area contributed by atoms with E-state index in [4.69, 9.17) is 0 Å². The molecule has 0 bridgehead atoms. The molecule has 0 unspecified atom stereocenters. The van der Waals surface area contributed by atoms with Crippen LogP contribution in [0.1, 0.15) is 42.5 Å². The Morgan fingerprint density at radius 2 is 1.78 bits per heavy atom. The van der Waals surface area contributed by atoms with Crippen LogP contribution in [0.25, 0.3) is 11.1 Å². The SMILES string of the molecule is O=C(CN1C(=O)NC2(CCCCC2)C1=O)c1ccc(-c2cccnc2)cc1. The molecular weight excluding hydrogens is 342 g/mol. The number of pyridine rings is 1. The summed E-state index contributed by atoms with van der Waals surface area (Å²) in [5, 5.41) is 2.83. The summed E-state index contributed by atoms with van der Waals surface area (Å²) in [4.78, 5) is 42.9. The number of carbonyl (C=O) groups is 3. The first-order valence-electron chi connectivity index (χ1n) is 9.27. The molecule has 4 rings (SSSR count). The molecule has 1 saturated carbocycles. The number of ketones is 1. The molecule has 1 aromatic heterocycles. The molecular formula is C21H21N3O3. The van der Waals surface area contributed by atoms with Crippen molar-refractivity contribution in [3.8, 4) is 11.1 Å². The molecule has 0 atom stereocenters. The fourth-order valence-corrected chi connectivity index (χ4v) is 3.93. The molecule has 2 aromatic rings. The molecule has 2 heterocycles. The largest absolute Gasteiger partial charge is 0.325 e. The summed E-state index contributed by atoms with van der Waals surface area (Å²) in [7, 11) is 0. The smallest absolute Gasteiger partial charge is 0.323 e. The number of carbonyl (C=O) groups excluding carboxylic acids is 3. The number of rotatable bonds is 4. The van der Waals surface area contributed by atoms with E-state index < -0.39 is 11.6 Å². The van der Waals surface area contributed by atoms with Gasteiger partial charge in [-0.25, -0.2) is 4.79 Å². The van der Waals surface area contributed by atoms with Gasteiger partial charge in [0.15, 0.2) is 5.78 Å². The van der Waals surface area contributed by atoms with Crippen molar-refractivity contribution in [2.45, 2.75) is 37.6 Å². The first kappa shape index (κ1) is 17.4. The van der Waals surface area contributed by atoms with Crippen LogP contribution in [-0.2, 0) is 4.79 Å². The topological polar surface area (TPSA) is 79.4 Å². The standard InChI is InChI=1S/C21H21N3O3/c25-18(16-8-6-15(7-9-16)17-5-4-12-22-13-17)14-24-19(26)21(23-20(24)27)10-2-1-3-11-21/h4-9,12-13H,1-3,10-11,14H2,(H,23,27). The van der Waals surface area contributed by atoms with Gasteiger partial charge in [-0.15, -0.1) is 0 Å². The van der Waals surface area contributed by atoms with E-state index in [2.05, 4.69) is 10.3 Å². The molecule has 3 amide bonds. The average Bonchev–Trinajstić information content (AvgIpc) is 2.93. The molecule has 0 radical (unpaired) electrons. The van der Waals surface area contributed by atoms with Crippen LogP contribution in [0.5, 0.6) is 0 Å². The number of amides is 3. The van der Waals surface area contributed by atoms with Gasteiger partial charge < -0.3 is 5.32 Å². The molecule has 2 aliphatic rings. The molecule has 1 saturated heterocycles. The highest BCUT2D eigenvalue weighted by Gasteiger charge is 2.51. The Morgan fingerprint density at radius 1 is 1.04 bits per heavy atom. The molecule has 1 aromatic carbocycles. The molecule has 27 heavy (non-hydrogen) atoms. The van der Waals surface area contributed by atoms with Crippen LogP contribution in [0.3, 0.4) is 0 Å². The minimum Gasteiger partial charge on any atom is -0.323 e. The number of nitrogens with zero attached hydrogens (tertiary/aromatic N) is 2. The van der Waals surface area contributed by atoms with Crippen LogP contribution in [0, 0.1) is 0 Å². The predicted octanol–water partition coefficient (Wildman–Crippen LogP) is 3.19.